The van der Waals surface area contributed by atoms with Crippen LogP contribution >= 0.6 is 0 Å². The van der Waals surface area contributed by atoms with Crippen LogP contribution in [0, 0.1) is 17.6 Å². The predicted octanol–water partition coefficient (Wildman–Crippen LogP) is 3.09. The lowest BCUT2D eigenvalue weighted by molar-refractivity contribution is 0.0286. The Morgan fingerprint density at radius 1 is 1.43 bits per heavy atom. The van der Waals surface area contributed by atoms with Gasteiger partial charge in [0.1, 0.15) is 17.2 Å². The highest BCUT2D eigenvalue weighted by Gasteiger charge is 2.33. The number of halogens is 2. The molecule has 1 saturated heterocycles. The van der Waals surface area contributed by atoms with E-state index in [0.717, 1.165) is 18.6 Å². The maximum absolute atomic E-state index is 13.7. The third-order valence-corrected chi connectivity index (χ3v) is 3.95. The summed E-state index contributed by atoms with van der Waals surface area (Å²) in [7, 11) is 0. The minimum atomic E-state index is -0.540. The maximum Gasteiger partial charge on any atom is 0.410 e. The molecule has 0 saturated carbocycles. The lowest BCUT2D eigenvalue weighted by Crippen LogP contribution is -2.38. The van der Waals surface area contributed by atoms with E-state index in [1.165, 1.54) is 6.07 Å². The SMILES string of the molecule is CC(C)(C)OC(=O)N1CCC(C(N)Cc2cc(F)ccc2F)C1. The fourth-order valence-electron chi connectivity index (χ4n) is 2.75. The van der Waals surface area contributed by atoms with Crippen LogP contribution in [0.5, 0.6) is 0 Å². The summed E-state index contributed by atoms with van der Waals surface area (Å²) in [6, 6.07) is 3.04. The second-order valence-electron chi connectivity index (χ2n) is 7.08. The highest BCUT2D eigenvalue weighted by atomic mass is 19.1. The molecule has 1 aliphatic heterocycles. The molecule has 0 aromatic heterocycles. The number of carbonyl (C=O) groups excluding carboxylic acids is 1. The molecule has 1 aromatic carbocycles. The van der Waals surface area contributed by atoms with Gasteiger partial charge in [0.2, 0.25) is 0 Å². The van der Waals surface area contributed by atoms with E-state index >= 15 is 0 Å². The Hall–Kier alpha value is -1.69. The molecule has 0 spiro atoms. The summed E-state index contributed by atoms with van der Waals surface area (Å²) in [4.78, 5) is 13.7. The van der Waals surface area contributed by atoms with E-state index in [9.17, 15) is 13.6 Å². The molecule has 2 atom stereocenters. The van der Waals surface area contributed by atoms with Crippen LogP contribution in [0.15, 0.2) is 18.2 Å². The van der Waals surface area contributed by atoms with Gasteiger partial charge >= 0.3 is 6.09 Å². The van der Waals surface area contributed by atoms with E-state index in [1.54, 1.807) is 4.90 Å². The Morgan fingerprint density at radius 3 is 2.78 bits per heavy atom. The van der Waals surface area contributed by atoms with Crippen molar-refractivity contribution in [2.75, 3.05) is 13.1 Å². The average Bonchev–Trinajstić information content (AvgIpc) is 2.91. The first kappa shape index (κ1) is 17.7. The quantitative estimate of drug-likeness (QED) is 0.928. The lowest BCUT2D eigenvalue weighted by Gasteiger charge is -2.25. The van der Waals surface area contributed by atoms with Crippen molar-refractivity contribution < 1.29 is 18.3 Å². The molecule has 6 heteroatoms. The van der Waals surface area contributed by atoms with Crippen LogP contribution in [0.1, 0.15) is 32.8 Å². The Kier molecular flexibility index (Phi) is 5.24. The molecule has 1 amide bonds. The second kappa shape index (κ2) is 6.83. The fraction of sp³-hybridized carbons (Fsp3) is 0.588. The van der Waals surface area contributed by atoms with Crippen molar-refractivity contribution >= 4 is 6.09 Å². The first-order chi connectivity index (χ1) is 10.7. The van der Waals surface area contributed by atoms with Gasteiger partial charge in [-0.1, -0.05) is 0 Å². The normalized spacial score (nSPS) is 19.7. The predicted molar refractivity (Wildman–Crippen MR) is 84.0 cm³/mol. The summed E-state index contributed by atoms with van der Waals surface area (Å²) in [6.07, 6.45) is 0.623. The molecule has 2 rings (SSSR count). The summed E-state index contributed by atoms with van der Waals surface area (Å²) in [5, 5.41) is 0. The van der Waals surface area contributed by atoms with Gasteiger partial charge in [-0.05, 0) is 63.3 Å². The highest BCUT2D eigenvalue weighted by molar-refractivity contribution is 5.68. The average molecular weight is 326 g/mol. The van der Waals surface area contributed by atoms with Crippen LogP contribution in [0.3, 0.4) is 0 Å². The molecule has 1 aromatic rings. The minimum absolute atomic E-state index is 0.0465. The van der Waals surface area contributed by atoms with Gasteiger partial charge in [0.15, 0.2) is 0 Å². The molecule has 2 unspecified atom stereocenters. The largest absolute Gasteiger partial charge is 0.444 e. The molecule has 1 heterocycles. The summed E-state index contributed by atoms with van der Waals surface area (Å²) in [5.41, 5.74) is 5.88. The highest BCUT2D eigenvalue weighted by Crippen LogP contribution is 2.24. The van der Waals surface area contributed by atoms with Crippen LogP contribution in [0.25, 0.3) is 0 Å². The minimum Gasteiger partial charge on any atom is -0.444 e. The van der Waals surface area contributed by atoms with Crippen molar-refractivity contribution in [1.82, 2.24) is 4.90 Å². The number of nitrogens with zero attached hydrogens (tertiary/aromatic N) is 1. The van der Waals surface area contributed by atoms with Crippen molar-refractivity contribution in [3.05, 3.63) is 35.4 Å². The third kappa shape index (κ3) is 4.89. The zero-order valence-corrected chi connectivity index (χ0v) is 13.8. The van der Waals surface area contributed by atoms with Crippen LogP contribution in [-0.2, 0) is 11.2 Å². The van der Waals surface area contributed by atoms with Crippen LogP contribution in [-0.4, -0.2) is 35.7 Å². The summed E-state index contributed by atoms with van der Waals surface area (Å²) in [5.74, 6) is -0.885. The number of hydrogen-bond acceptors (Lipinski definition) is 3. The van der Waals surface area contributed by atoms with Crippen LogP contribution in [0.4, 0.5) is 13.6 Å². The second-order valence-corrected chi connectivity index (χ2v) is 7.08. The van der Waals surface area contributed by atoms with E-state index in [2.05, 4.69) is 0 Å². The zero-order chi connectivity index (χ0) is 17.2. The first-order valence-electron chi connectivity index (χ1n) is 7.83. The Balaban J connectivity index is 1.93. The Bertz CT molecular complexity index is 572. The first-order valence-corrected chi connectivity index (χ1v) is 7.83. The monoisotopic (exact) mass is 326 g/mol. The number of hydrogen-bond donors (Lipinski definition) is 1. The van der Waals surface area contributed by atoms with Crippen LogP contribution in [0.2, 0.25) is 0 Å². The number of likely N-dealkylation sites (tertiary alicyclic amines) is 1. The number of benzene rings is 1. The number of rotatable bonds is 3. The van der Waals surface area contributed by atoms with Crippen LogP contribution < -0.4 is 5.73 Å². The van der Waals surface area contributed by atoms with E-state index in [4.69, 9.17) is 10.5 Å². The molecule has 1 fully saturated rings. The Morgan fingerprint density at radius 2 is 2.13 bits per heavy atom. The topological polar surface area (TPSA) is 55.6 Å². The maximum atomic E-state index is 13.7. The molecular formula is C17H24F2N2O2. The Labute approximate surface area is 135 Å². The zero-order valence-electron chi connectivity index (χ0n) is 13.8. The molecule has 23 heavy (non-hydrogen) atoms. The van der Waals surface area contributed by atoms with Crippen molar-refractivity contribution in [3.63, 3.8) is 0 Å². The number of amides is 1. The third-order valence-electron chi connectivity index (χ3n) is 3.95. The number of ether oxygens (including phenoxy) is 1. The van der Waals surface area contributed by atoms with E-state index in [0.29, 0.717) is 13.1 Å². The molecule has 4 nitrogen and oxygen atoms in total. The van der Waals surface area contributed by atoms with Gasteiger partial charge in [-0.25, -0.2) is 13.6 Å². The van der Waals surface area contributed by atoms with Crippen molar-refractivity contribution in [1.29, 1.82) is 0 Å². The van der Waals surface area contributed by atoms with Gasteiger partial charge in [0.25, 0.3) is 0 Å². The molecule has 2 N–H and O–H groups in total. The molecule has 0 aliphatic carbocycles. The van der Waals surface area contributed by atoms with Gasteiger partial charge in [0, 0.05) is 19.1 Å². The van der Waals surface area contributed by atoms with Crippen molar-refractivity contribution in [2.24, 2.45) is 11.7 Å². The molecule has 128 valence electrons. The lowest BCUT2D eigenvalue weighted by atomic mass is 9.93. The number of carbonyl (C=O) groups is 1. The fourth-order valence-corrected chi connectivity index (χ4v) is 2.75. The van der Waals surface area contributed by atoms with E-state index in [1.807, 2.05) is 20.8 Å². The summed E-state index contributed by atoms with van der Waals surface area (Å²) < 4.78 is 32.3. The van der Waals surface area contributed by atoms with Gasteiger partial charge in [-0.15, -0.1) is 0 Å². The smallest absolute Gasteiger partial charge is 0.410 e. The molecule has 0 bridgehead atoms. The summed E-state index contributed by atoms with van der Waals surface area (Å²) >= 11 is 0. The van der Waals surface area contributed by atoms with Gasteiger partial charge in [0.05, 0.1) is 0 Å². The van der Waals surface area contributed by atoms with E-state index < -0.39 is 17.2 Å². The van der Waals surface area contributed by atoms with Gasteiger partial charge in [-0.3, -0.25) is 0 Å². The van der Waals surface area contributed by atoms with E-state index in [-0.39, 0.29) is 30.0 Å². The molecular weight excluding hydrogens is 302 g/mol. The van der Waals surface area contributed by atoms with Crippen molar-refractivity contribution in [2.45, 2.75) is 45.3 Å². The number of nitrogens with two attached hydrogens (primary N) is 1. The molecule has 0 radical (unpaired) electrons. The van der Waals surface area contributed by atoms with Gasteiger partial charge < -0.3 is 15.4 Å². The van der Waals surface area contributed by atoms with Crippen molar-refractivity contribution in [3.8, 4) is 0 Å². The van der Waals surface area contributed by atoms with Gasteiger partial charge in [-0.2, -0.15) is 0 Å². The molecule has 1 aliphatic rings. The summed E-state index contributed by atoms with van der Waals surface area (Å²) in [6.45, 7) is 6.50. The standard InChI is InChI=1S/C17H24F2N2O2/c1-17(2,3)23-16(22)21-7-6-11(10-21)15(20)9-12-8-13(18)4-5-14(12)19/h4-5,8,11,15H,6-7,9-10,20H2,1-3H3.